The van der Waals surface area contributed by atoms with Crippen molar-refractivity contribution in [1.29, 1.82) is 0 Å². The van der Waals surface area contributed by atoms with E-state index in [4.69, 9.17) is 19.4 Å². The Morgan fingerprint density at radius 2 is 1.76 bits per heavy atom. The molecule has 0 amide bonds. The summed E-state index contributed by atoms with van der Waals surface area (Å²) in [6.07, 6.45) is 6.94. The van der Waals surface area contributed by atoms with Crippen molar-refractivity contribution in [3.8, 4) is 22.8 Å². The van der Waals surface area contributed by atoms with Crippen molar-refractivity contribution in [2.24, 2.45) is 0 Å². The molecule has 0 N–H and O–H groups in total. The first-order chi connectivity index (χ1) is 14.1. The van der Waals surface area contributed by atoms with Gasteiger partial charge in [-0.25, -0.2) is 4.98 Å². The van der Waals surface area contributed by atoms with E-state index in [-0.39, 0.29) is 0 Å². The summed E-state index contributed by atoms with van der Waals surface area (Å²) in [7, 11) is 3.34. The standard InChI is InChI=1S/C23H32N4O2/c1-7-11-26(12-8-2)23-18(9-3)25-22-21(24-10-13-27(22)23)20-16(4)14-17(28-5)15-19(20)29-6/h10,13-15H,7-9,11-12H2,1-6H3. The van der Waals surface area contributed by atoms with Crippen molar-refractivity contribution in [3.05, 3.63) is 35.8 Å². The van der Waals surface area contributed by atoms with Gasteiger partial charge in [0, 0.05) is 37.1 Å². The number of imidazole rings is 1. The van der Waals surface area contributed by atoms with E-state index in [9.17, 15) is 0 Å². The van der Waals surface area contributed by atoms with Crippen molar-refractivity contribution in [2.45, 2.75) is 47.0 Å². The number of aryl methyl sites for hydroxylation is 2. The second kappa shape index (κ2) is 9.16. The van der Waals surface area contributed by atoms with Crippen LogP contribution in [0.25, 0.3) is 16.9 Å². The number of aromatic nitrogens is 3. The first-order valence-corrected chi connectivity index (χ1v) is 10.4. The van der Waals surface area contributed by atoms with Crippen LogP contribution < -0.4 is 14.4 Å². The molecule has 3 rings (SSSR count). The predicted molar refractivity (Wildman–Crippen MR) is 118 cm³/mol. The van der Waals surface area contributed by atoms with Crippen LogP contribution in [0, 0.1) is 6.92 Å². The van der Waals surface area contributed by atoms with E-state index in [0.29, 0.717) is 0 Å². The summed E-state index contributed by atoms with van der Waals surface area (Å²) in [5, 5.41) is 0. The molecule has 0 saturated carbocycles. The summed E-state index contributed by atoms with van der Waals surface area (Å²) in [5.41, 5.74) is 4.80. The lowest BCUT2D eigenvalue weighted by atomic mass is 10.0. The van der Waals surface area contributed by atoms with Crippen LogP contribution in [-0.2, 0) is 6.42 Å². The van der Waals surface area contributed by atoms with Crippen molar-refractivity contribution in [1.82, 2.24) is 14.4 Å². The monoisotopic (exact) mass is 396 g/mol. The van der Waals surface area contributed by atoms with E-state index in [2.05, 4.69) is 37.0 Å². The molecule has 6 nitrogen and oxygen atoms in total. The first-order valence-electron chi connectivity index (χ1n) is 10.4. The highest BCUT2D eigenvalue weighted by atomic mass is 16.5. The van der Waals surface area contributed by atoms with E-state index in [1.54, 1.807) is 14.2 Å². The van der Waals surface area contributed by atoms with Crippen LogP contribution in [0.2, 0.25) is 0 Å². The number of nitrogens with zero attached hydrogens (tertiary/aromatic N) is 4. The summed E-state index contributed by atoms with van der Waals surface area (Å²) < 4.78 is 13.3. The number of methoxy groups -OCH3 is 2. The zero-order valence-corrected chi connectivity index (χ0v) is 18.5. The predicted octanol–water partition coefficient (Wildman–Crippen LogP) is 4.91. The molecule has 2 aromatic heterocycles. The Hall–Kier alpha value is -2.76. The Kier molecular flexibility index (Phi) is 6.62. The summed E-state index contributed by atoms with van der Waals surface area (Å²) in [6.45, 7) is 10.7. The minimum atomic E-state index is 0.740. The number of hydrogen-bond donors (Lipinski definition) is 0. The fourth-order valence-corrected chi connectivity index (χ4v) is 3.93. The number of anilines is 1. The van der Waals surface area contributed by atoms with Gasteiger partial charge in [-0.05, 0) is 37.8 Å². The van der Waals surface area contributed by atoms with Crippen molar-refractivity contribution in [2.75, 3.05) is 32.2 Å². The molecule has 3 aromatic rings. The number of hydrogen-bond acceptors (Lipinski definition) is 5. The molecule has 156 valence electrons. The maximum atomic E-state index is 5.69. The van der Waals surface area contributed by atoms with Crippen LogP contribution in [0.5, 0.6) is 11.5 Å². The molecule has 0 unspecified atom stereocenters. The molecule has 0 spiro atoms. The molecule has 0 radical (unpaired) electrons. The van der Waals surface area contributed by atoms with Gasteiger partial charge in [-0.2, -0.15) is 0 Å². The molecule has 2 heterocycles. The molecule has 0 aliphatic rings. The smallest absolute Gasteiger partial charge is 0.165 e. The quantitative estimate of drug-likeness (QED) is 0.514. The third-order valence-electron chi connectivity index (χ3n) is 5.17. The largest absolute Gasteiger partial charge is 0.497 e. The van der Waals surface area contributed by atoms with E-state index in [1.807, 2.05) is 24.5 Å². The summed E-state index contributed by atoms with van der Waals surface area (Å²) in [5.74, 6) is 2.69. The molecule has 0 aliphatic heterocycles. The van der Waals surface area contributed by atoms with Gasteiger partial charge in [0.2, 0.25) is 0 Å². The Balaban J connectivity index is 2.28. The summed E-state index contributed by atoms with van der Waals surface area (Å²) in [4.78, 5) is 12.2. The third kappa shape index (κ3) is 3.88. The number of benzene rings is 1. The summed E-state index contributed by atoms with van der Waals surface area (Å²) in [6, 6.07) is 3.91. The van der Waals surface area contributed by atoms with Gasteiger partial charge in [-0.15, -0.1) is 0 Å². The van der Waals surface area contributed by atoms with Crippen LogP contribution in [0.4, 0.5) is 5.82 Å². The Morgan fingerprint density at radius 1 is 1.03 bits per heavy atom. The molecule has 0 saturated heterocycles. The van der Waals surface area contributed by atoms with Gasteiger partial charge in [0.1, 0.15) is 23.0 Å². The van der Waals surface area contributed by atoms with Gasteiger partial charge < -0.3 is 14.4 Å². The van der Waals surface area contributed by atoms with E-state index in [1.165, 1.54) is 5.82 Å². The molecule has 0 fully saturated rings. The molecule has 0 atom stereocenters. The molecule has 0 aliphatic carbocycles. The Labute approximate surface area is 173 Å². The van der Waals surface area contributed by atoms with Crippen LogP contribution in [0.1, 0.15) is 44.9 Å². The van der Waals surface area contributed by atoms with Gasteiger partial charge in [0.25, 0.3) is 0 Å². The van der Waals surface area contributed by atoms with Crippen molar-refractivity contribution >= 4 is 11.5 Å². The highest BCUT2D eigenvalue weighted by molar-refractivity contribution is 5.83. The van der Waals surface area contributed by atoms with Gasteiger partial charge in [0.05, 0.1) is 19.9 Å². The minimum Gasteiger partial charge on any atom is -0.497 e. The SMILES string of the molecule is CCCN(CCC)c1c(CC)nc2c(-c3c(C)cc(OC)cc3OC)nccn12. The van der Waals surface area contributed by atoms with Crippen LogP contribution in [-0.4, -0.2) is 41.7 Å². The normalized spacial score (nSPS) is 11.1. The van der Waals surface area contributed by atoms with Gasteiger partial charge >= 0.3 is 0 Å². The molecule has 6 heteroatoms. The zero-order chi connectivity index (χ0) is 21.0. The highest BCUT2D eigenvalue weighted by Crippen LogP contribution is 2.38. The Morgan fingerprint density at radius 3 is 2.34 bits per heavy atom. The fourth-order valence-electron chi connectivity index (χ4n) is 3.93. The lowest BCUT2D eigenvalue weighted by Gasteiger charge is -2.24. The maximum absolute atomic E-state index is 5.69. The number of rotatable bonds is 9. The topological polar surface area (TPSA) is 51.9 Å². The fraction of sp³-hybridized carbons (Fsp3) is 0.478. The maximum Gasteiger partial charge on any atom is 0.165 e. The molecule has 1 aromatic carbocycles. The number of ether oxygens (including phenoxy) is 2. The molecular weight excluding hydrogens is 364 g/mol. The lowest BCUT2D eigenvalue weighted by molar-refractivity contribution is 0.395. The van der Waals surface area contributed by atoms with Crippen LogP contribution in [0.15, 0.2) is 24.5 Å². The zero-order valence-electron chi connectivity index (χ0n) is 18.5. The summed E-state index contributed by atoms with van der Waals surface area (Å²) >= 11 is 0. The average Bonchev–Trinajstić information content (AvgIpc) is 3.11. The first kappa shape index (κ1) is 21.0. The lowest BCUT2D eigenvalue weighted by Crippen LogP contribution is -2.27. The number of fused-ring (bicyclic) bond motifs is 1. The van der Waals surface area contributed by atoms with Crippen LogP contribution >= 0.6 is 0 Å². The highest BCUT2D eigenvalue weighted by Gasteiger charge is 2.22. The van der Waals surface area contributed by atoms with E-state index >= 15 is 0 Å². The van der Waals surface area contributed by atoms with Gasteiger partial charge in [0.15, 0.2) is 5.65 Å². The third-order valence-corrected chi connectivity index (χ3v) is 5.17. The Bertz CT molecular complexity index is 975. The molecule has 29 heavy (non-hydrogen) atoms. The second-order valence-corrected chi connectivity index (χ2v) is 7.21. The van der Waals surface area contributed by atoms with Crippen molar-refractivity contribution < 1.29 is 9.47 Å². The average molecular weight is 397 g/mol. The van der Waals surface area contributed by atoms with Crippen LogP contribution in [0.3, 0.4) is 0 Å². The van der Waals surface area contributed by atoms with Gasteiger partial charge in [-0.3, -0.25) is 9.38 Å². The minimum absolute atomic E-state index is 0.740. The molecule has 0 bridgehead atoms. The van der Waals surface area contributed by atoms with E-state index < -0.39 is 0 Å². The van der Waals surface area contributed by atoms with Crippen molar-refractivity contribution in [3.63, 3.8) is 0 Å². The molecular formula is C23H32N4O2. The second-order valence-electron chi connectivity index (χ2n) is 7.21. The van der Waals surface area contributed by atoms with Gasteiger partial charge in [-0.1, -0.05) is 20.8 Å². The van der Waals surface area contributed by atoms with E-state index in [0.717, 1.165) is 72.0 Å².